The maximum absolute atomic E-state index is 13.4. The van der Waals surface area contributed by atoms with Gasteiger partial charge in [0.1, 0.15) is 23.9 Å². The summed E-state index contributed by atoms with van der Waals surface area (Å²) in [5.41, 5.74) is 1.97. The second-order valence-corrected chi connectivity index (χ2v) is 9.20. The van der Waals surface area contributed by atoms with Crippen molar-refractivity contribution in [3.05, 3.63) is 59.5 Å². The standard InChI is InChI=1S/C25H28N4O4/c1-17-8-10-18(11-9-17)19-15-20(21-7-6-14-33-21)29(27-19)22(30)16-28-23(31)25(26-24(28)32)12-4-2-3-5-13-25/h6-11,14,20H,2-5,12-13,15-16H2,1H3,(H,26,32)/t20-/m1/s1. The molecular weight excluding hydrogens is 420 g/mol. The Labute approximate surface area is 192 Å². The molecule has 5 rings (SSSR count). The number of carbonyl (C=O) groups excluding carboxylic acids is 3. The minimum absolute atomic E-state index is 0.292. The van der Waals surface area contributed by atoms with Gasteiger partial charge >= 0.3 is 6.03 Å². The van der Waals surface area contributed by atoms with E-state index in [4.69, 9.17) is 4.42 Å². The lowest BCUT2D eigenvalue weighted by molar-refractivity contribution is -0.140. The van der Waals surface area contributed by atoms with Gasteiger partial charge in [-0.1, -0.05) is 55.5 Å². The van der Waals surface area contributed by atoms with Gasteiger partial charge in [-0.3, -0.25) is 14.5 Å². The van der Waals surface area contributed by atoms with E-state index in [2.05, 4.69) is 10.4 Å². The molecule has 1 aromatic heterocycles. The van der Waals surface area contributed by atoms with Crippen LogP contribution in [0.25, 0.3) is 0 Å². The zero-order valence-corrected chi connectivity index (χ0v) is 18.8. The Bertz CT molecular complexity index is 1080. The number of rotatable bonds is 4. The van der Waals surface area contributed by atoms with Gasteiger partial charge in [-0.25, -0.2) is 9.80 Å². The van der Waals surface area contributed by atoms with E-state index in [1.807, 2.05) is 37.3 Å². The number of hydrogen-bond acceptors (Lipinski definition) is 5. The molecule has 1 spiro atoms. The van der Waals surface area contributed by atoms with Gasteiger partial charge in [0.2, 0.25) is 0 Å². The Morgan fingerprint density at radius 2 is 1.85 bits per heavy atom. The van der Waals surface area contributed by atoms with Gasteiger partial charge in [-0.05, 0) is 37.5 Å². The molecule has 8 heteroatoms. The summed E-state index contributed by atoms with van der Waals surface area (Å²) < 4.78 is 5.59. The monoisotopic (exact) mass is 448 g/mol. The first kappa shape index (κ1) is 21.4. The van der Waals surface area contributed by atoms with E-state index in [0.717, 1.165) is 47.4 Å². The van der Waals surface area contributed by atoms with Crippen LogP contribution in [-0.4, -0.2) is 45.5 Å². The highest BCUT2D eigenvalue weighted by Crippen LogP contribution is 2.35. The smallest absolute Gasteiger partial charge is 0.325 e. The average Bonchev–Trinajstić information content (AvgIpc) is 3.48. The molecule has 1 atom stereocenters. The van der Waals surface area contributed by atoms with Crippen LogP contribution in [-0.2, 0) is 9.59 Å². The lowest BCUT2D eigenvalue weighted by atomic mass is 9.90. The summed E-state index contributed by atoms with van der Waals surface area (Å²) >= 11 is 0. The van der Waals surface area contributed by atoms with Crippen LogP contribution in [0.2, 0.25) is 0 Å². The van der Waals surface area contributed by atoms with Crippen LogP contribution in [0.1, 0.15) is 67.9 Å². The number of hydrazone groups is 1. The summed E-state index contributed by atoms with van der Waals surface area (Å²) in [4.78, 5) is 40.4. The van der Waals surface area contributed by atoms with Crippen LogP contribution in [0, 0.1) is 6.92 Å². The van der Waals surface area contributed by atoms with E-state index < -0.39 is 23.5 Å². The average molecular weight is 449 g/mol. The normalized spacial score (nSPS) is 22.5. The summed E-state index contributed by atoms with van der Waals surface area (Å²) in [6, 6.07) is 10.6. The van der Waals surface area contributed by atoms with E-state index in [0.29, 0.717) is 25.0 Å². The zero-order valence-electron chi connectivity index (χ0n) is 18.8. The van der Waals surface area contributed by atoms with E-state index in [-0.39, 0.29) is 12.5 Å². The molecule has 1 saturated heterocycles. The maximum Gasteiger partial charge on any atom is 0.325 e. The molecule has 8 nitrogen and oxygen atoms in total. The second-order valence-electron chi connectivity index (χ2n) is 9.20. The Balaban J connectivity index is 1.39. The van der Waals surface area contributed by atoms with Gasteiger partial charge in [-0.2, -0.15) is 5.10 Å². The first-order valence-electron chi connectivity index (χ1n) is 11.6. The van der Waals surface area contributed by atoms with Crippen molar-refractivity contribution in [2.45, 2.75) is 63.5 Å². The minimum Gasteiger partial charge on any atom is -0.467 e. The van der Waals surface area contributed by atoms with Gasteiger partial charge in [0.15, 0.2) is 0 Å². The van der Waals surface area contributed by atoms with Gasteiger partial charge in [-0.15, -0.1) is 0 Å². The van der Waals surface area contributed by atoms with Gasteiger partial charge in [0.25, 0.3) is 11.8 Å². The van der Waals surface area contributed by atoms with E-state index in [9.17, 15) is 14.4 Å². The minimum atomic E-state index is -0.865. The van der Waals surface area contributed by atoms with Crippen molar-refractivity contribution in [1.82, 2.24) is 15.2 Å². The summed E-state index contributed by atoms with van der Waals surface area (Å²) in [7, 11) is 0. The highest BCUT2D eigenvalue weighted by Gasteiger charge is 2.51. The molecule has 1 aromatic carbocycles. The highest BCUT2D eigenvalue weighted by molar-refractivity contribution is 6.09. The predicted octanol–water partition coefficient (Wildman–Crippen LogP) is 3.91. The summed E-state index contributed by atoms with van der Waals surface area (Å²) in [6.45, 7) is 1.68. The molecular formula is C25H28N4O4. The van der Waals surface area contributed by atoms with Gasteiger partial charge in [0.05, 0.1) is 12.0 Å². The second kappa shape index (κ2) is 8.50. The number of amides is 4. The molecule has 3 heterocycles. The fourth-order valence-corrected chi connectivity index (χ4v) is 5.06. The van der Waals surface area contributed by atoms with Crippen LogP contribution in [0.5, 0.6) is 0 Å². The van der Waals surface area contributed by atoms with Crippen LogP contribution in [0.3, 0.4) is 0 Å². The molecule has 4 amide bonds. The molecule has 0 bridgehead atoms. The molecule has 2 fully saturated rings. The third-order valence-corrected chi connectivity index (χ3v) is 6.92. The topological polar surface area (TPSA) is 95.2 Å². The van der Waals surface area contributed by atoms with Gasteiger partial charge in [0, 0.05) is 6.42 Å². The van der Waals surface area contributed by atoms with Crippen LogP contribution < -0.4 is 5.32 Å². The third-order valence-electron chi connectivity index (χ3n) is 6.92. The van der Waals surface area contributed by atoms with E-state index in [1.165, 1.54) is 5.01 Å². The SMILES string of the molecule is Cc1ccc(C2=NN(C(=O)CN3C(=O)NC4(CCCCCC4)C3=O)[C@@H](c3ccco3)C2)cc1. The van der Waals surface area contributed by atoms with Crippen LogP contribution in [0.4, 0.5) is 4.79 Å². The fourth-order valence-electron chi connectivity index (χ4n) is 5.06. The molecule has 1 N–H and O–H groups in total. The van der Waals surface area contributed by atoms with Crippen molar-refractivity contribution in [1.29, 1.82) is 0 Å². The number of nitrogens with zero attached hydrogens (tertiary/aromatic N) is 3. The molecule has 0 unspecified atom stereocenters. The summed E-state index contributed by atoms with van der Waals surface area (Å²) in [5.74, 6) is -0.0847. The Kier molecular flexibility index (Phi) is 5.52. The molecule has 2 aromatic rings. The molecule has 1 aliphatic carbocycles. The number of carbonyl (C=O) groups is 3. The summed E-state index contributed by atoms with van der Waals surface area (Å²) in [6.07, 6.45) is 7.20. The Morgan fingerprint density at radius 1 is 1.12 bits per heavy atom. The number of hydrogen-bond donors (Lipinski definition) is 1. The molecule has 2 aliphatic heterocycles. The highest BCUT2D eigenvalue weighted by atomic mass is 16.3. The first-order valence-corrected chi connectivity index (χ1v) is 11.6. The molecule has 0 radical (unpaired) electrons. The number of nitrogens with one attached hydrogen (secondary N) is 1. The fraction of sp³-hybridized carbons (Fsp3) is 0.440. The Hall–Kier alpha value is -3.42. The van der Waals surface area contributed by atoms with Crippen molar-refractivity contribution in [3.8, 4) is 0 Å². The van der Waals surface area contributed by atoms with Crippen LogP contribution in [0.15, 0.2) is 52.2 Å². The van der Waals surface area contributed by atoms with Crippen molar-refractivity contribution >= 4 is 23.6 Å². The molecule has 172 valence electrons. The molecule has 33 heavy (non-hydrogen) atoms. The van der Waals surface area contributed by atoms with Crippen molar-refractivity contribution in [3.63, 3.8) is 0 Å². The lowest BCUT2D eigenvalue weighted by Gasteiger charge is -2.25. The zero-order chi connectivity index (χ0) is 23.0. The van der Waals surface area contributed by atoms with Crippen LogP contribution >= 0.6 is 0 Å². The number of benzene rings is 1. The van der Waals surface area contributed by atoms with Crippen molar-refractivity contribution in [2.24, 2.45) is 5.10 Å². The number of imide groups is 1. The largest absolute Gasteiger partial charge is 0.467 e. The maximum atomic E-state index is 13.4. The Morgan fingerprint density at radius 3 is 2.52 bits per heavy atom. The van der Waals surface area contributed by atoms with E-state index >= 15 is 0 Å². The predicted molar refractivity (Wildman–Crippen MR) is 121 cm³/mol. The van der Waals surface area contributed by atoms with Crippen molar-refractivity contribution in [2.75, 3.05) is 6.54 Å². The van der Waals surface area contributed by atoms with Crippen molar-refractivity contribution < 1.29 is 18.8 Å². The quantitative estimate of drug-likeness (QED) is 0.718. The molecule has 1 saturated carbocycles. The summed E-state index contributed by atoms with van der Waals surface area (Å²) in [5, 5.41) is 8.87. The van der Waals surface area contributed by atoms with E-state index in [1.54, 1.807) is 12.3 Å². The number of urea groups is 1. The molecule has 3 aliphatic rings. The third kappa shape index (κ3) is 3.94. The number of furan rings is 1. The first-order chi connectivity index (χ1) is 16.0. The lowest BCUT2D eigenvalue weighted by Crippen LogP contribution is -2.47. The van der Waals surface area contributed by atoms with Gasteiger partial charge < -0.3 is 9.73 Å². The number of aryl methyl sites for hydroxylation is 1.